The minimum absolute atomic E-state index is 0.0977. The fraction of sp³-hybridized carbons (Fsp3) is 0.483. The molecule has 0 amide bonds. The van der Waals surface area contributed by atoms with E-state index in [1.165, 1.54) is 60.6 Å². The number of thiophene rings is 2. The Balaban J connectivity index is 1.18. The molecular weight excluding hydrogens is 474 g/mol. The second kappa shape index (κ2) is 9.15. The molecule has 3 fully saturated rings. The molecule has 3 heterocycles. The van der Waals surface area contributed by atoms with E-state index in [1.54, 1.807) is 0 Å². The summed E-state index contributed by atoms with van der Waals surface area (Å²) in [6, 6.07) is 18.9. The van der Waals surface area contributed by atoms with Gasteiger partial charge < -0.3 is 14.3 Å². The van der Waals surface area contributed by atoms with Crippen molar-refractivity contribution < 1.29 is 19.1 Å². The van der Waals surface area contributed by atoms with Gasteiger partial charge in [-0.05, 0) is 53.6 Å². The van der Waals surface area contributed by atoms with Gasteiger partial charge in [0.25, 0.3) is 0 Å². The summed E-state index contributed by atoms with van der Waals surface area (Å²) >= 11 is 2.81. The quantitative estimate of drug-likeness (QED) is 0.339. The molecule has 4 atom stereocenters. The van der Waals surface area contributed by atoms with Crippen LogP contribution in [0.2, 0.25) is 0 Å². The lowest BCUT2D eigenvalue weighted by atomic mass is 9.86. The fourth-order valence-electron chi connectivity index (χ4n) is 7.37. The zero-order valence-corrected chi connectivity index (χ0v) is 21.8. The number of ether oxygens (including phenoxy) is 1. The van der Waals surface area contributed by atoms with Gasteiger partial charge in [-0.2, -0.15) is 0 Å². The van der Waals surface area contributed by atoms with Crippen LogP contribution in [0.5, 0.6) is 0 Å². The molecule has 1 unspecified atom stereocenters. The number of carbonyl (C=O) groups is 1. The molecule has 6 heteroatoms. The monoisotopic (exact) mass is 508 g/mol. The lowest BCUT2D eigenvalue weighted by molar-refractivity contribution is -0.942. The van der Waals surface area contributed by atoms with E-state index in [4.69, 9.17) is 4.74 Å². The highest BCUT2D eigenvalue weighted by molar-refractivity contribution is 7.12. The third-order valence-corrected chi connectivity index (χ3v) is 11.0. The van der Waals surface area contributed by atoms with Crippen LogP contribution in [-0.2, 0) is 15.1 Å². The summed E-state index contributed by atoms with van der Waals surface area (Å²) in [4.78, 5) is 14.9. The normalized spacial score (nSPS) is 32.6. The predicted octanol–water partition coefficient (Wildman–Crippen LogP) is 5.78. The Kier molecular flexibility index (Phi) is 6.12. The second-order valence-corrected chi connectivity index (χ2v) is 12.8. The van der Waals surface area contributed by atoms with Crippen molar-refractivity contribution in [1.82, 2.24) is 0 Å². The molecule has 2 saturated carbocycles. The van der Waals surface area contributed by atoms with Gasteiger partial charge in [-0.1, -0.05) is 42.5 Å². The maximum Gasteiger partial charge on any atom is 0.349 e. The van der Waals surface area contributed by atoms with Crippen LogP contribution >= 0.6 is 22.7 Å². The van der Waals surface area contributed by atoms with Crippen LogP contribution in [0.3, 0.4) is 0 Å². The Morgan fingerprint density at radius 2 is 1.60 bits per heavy atom. The van der Waals surface area contributed by atoms with E-state index in [0.717, 1.165) is 17.3 Å². The van der Waals surface area contributed by atoms with E-state index >= 15 is 0 Å². The molecule has 2 aromatic heterocycles. The van der Waals surface area contributed by atoms with Crippen LogP contribution < -0.4 is 0 Å². The Hall–Kier alpha value is -1.99. The summed E-state index contributed by atoms with van der Waals surface area (Å²) in [5.74, 6) is 1.14. The largest absolute Gasteiger partial charge is 0.459 e. The van der Waals surface area contributed by atoms with E-state index in [0.29, 0.717) is 33.5 Å². The van der Waals surface area contributed by atoms with Crippen molar-refractivity contribution in [2.45, 2.75) is 55.8 Å². The second-order valence-electron chi connectivity index (χ2n) is 10.9. The Morgan fingerprint density at radius 3 is 2.20 bits per heavy atom. The Labute approximate surface area is 215 Å². The van der Waals surface area contributed by atoms with Crippen LogP contribution in [0.25, 0.3) is 0 Å². The van der Waals surface area contributed by atoms with Gasteiger partial charge in [0.15, 0.2) is 0 Å². The molecule has 0 spiro atoms. The van der Waals surface area contributed by atoms with Crippen LogP contribution in [-0.4, -0.2) is 47.8 Å². The molecule has 0 radical (unpaired) electrons. The first kappa shape index (κ1) is 23.4. The lowest BCUT2D eigenvalue weighted by Gasteiger charge is -2.47. The minimum atomic E-state index is -1.72. The number of benzene rings is 1. The highest BCUT2D eigenvalue weighted by atomic mass is 32.1. The minimum Gasteiger partial charge on any atom is -0.459 e. The highest BCUT2D eigenvalue weighted by Crippen LogP contribution is 2.52. The summed E-state index contributed by atoms with van der Waals surface area (Å²) in [5, 5.41) is 15.5. The van der Waals surface area contributed by atoms with E-state index in [9.17, 15) is 9.90 Å². The van der Waals surface area contributed by atoms with E-state index in [-0.39, 0.29) is 6.10 Å². The average molecular weight is 509 g/mol. The molecule has 6 rings (SSSR count). The number of carbonyl (C=O) groups excluding carboxylic acids is 1. The summed E-state index contributed by atoms with van der Waals surface area (Å²) < 4.78 is 7.33. The molecule has 2 bridgehead atoms. The van der Waals surface area contributed by atoms with E-state index in [1.807, 2.05) is 35.0 Å². The Morgan fingerprint density at radius 1 is 0.943 bits per heavy atom. The molecule has 3 aliphatic rings. The number of fused-ring (bicyclic) bond motifs is 2. The van der Waals surface area contributed by atoms with Crippen molar-refractivity contribution >= 4 is 28.6 Å². The number of likely N-dealkylation sites (tertiary alicyclic amines) is 1. The number of hydrogen-bond acceptors (Lipinski definition) is 5. The van der Waals surface area contributed by atoms with E-state index < -0.39 is 11.6 Å². The summed E-state index contributed by atoms with van der Waals surface area (Å²) in [6.45, 7) is 2.37. The topological polar surface area (TPSA) is 46.5 Å². The summed E-state index contributed by atoms with van der Waals surface area (Å²) in [7, 11) is 2.44. The number of nitrogens with zero attached hydrogens (tertiary/aromatic N) is 1. The van der Waals surface area contributed by atoms with Crippen molar-refractivity contribution in [3.05, 3.63) is 80.7 Å². The Bertz CT molecular complexity index is 1100. The zero-order valence-electron chi connectivity index (χ0n) is 20.2. The first-order valence-electron chi connectivity index (χ1n) is 12.9. The molecule has 35 heavy (non-hydrogen) atoms. The van der Waals surface area contributed by atoms with Gasteiger partial charge in [-0.3, -0.25) is 0 Å². The molecule has 3 aromatic rings. The molecule has 1 saturated heterocycles. The first-order chi connectivity index (χ1) is 17.0. The average Bonchev–Trinajstić information content (AvgIpc) is 3.69. The number of esters is 1. The number of hydrogen-bond donors (Lipinski definition) is 1. The molecule has 1 N–H and O–H groups in total. The van der Waals surface area contributed by atoms with Crippen LogP contribution in [0.4, 0.5) is 0 Å². The van der Waals surface area contributed by atoms with Crippen molar-refractivity contribution in [3.63, 3.8) is 0 Å². The third kappa shape index (κ3) is 3.99. The summed E-state index contributed by atoms with van der Waals surface area (Å²) in [5.41, 5.74) is -0.243. The first-order valence-corrected chi connectivity index (χ1v) is 14.7. The van der Waals surface area contributed by atoms with Gasteiger partial charge in [-0.25, -0.2) is 4.79 Å². The molecule has 2 aliphatic carbocycles. The van der Waals surface area contributed by atoms with Crippen LogP contribution in [0, 0.1) is 11.8 Å². The summed E-state index contributed by atoms with van der Waals surface area (Å²) in [6.07, 6.45) is 5.63. The van der Waals surface area contributed by atoms with Gasteiger partial charge in [0.2, 0.25) is 5.60 Å². The predicted molar refractivity (Wildman–Crippen MR) is 140 cm³/mol. The SMILES string of the molecule is C[N+]1(C2[C@@H]3CC[C@@H]2[C@H](OC(=O)C(O)(c2cccs2)c2cccs2)C3)CCC(c2ccccc2)CC1. The maximum absolute atomic E-state index is 13.6. The smallest absolute Gasteiger partial charge is 0.349 e. The van der Waals surface area contributed by atoms with Crippen molar-refractivity contribution in [2.75, 3.05) is 20.1 Å². The lowest BCUT2D eigenvalue weighted by Crippen LogP contribution is -2.58. The van der Waals surface area contributed by atoms with Crippen molar-refractivity contribution in [2.24, 2.45) is 11.8 Å². The van der Waals surface area contributed by atoms with E-state index in [2.05, 4.69) is 37.4 Å². The van der Waals surface area contributed by atoms with Gasteiger partial charge in [-0.15, -0.1) is 22.7 Å². The third-order valence-electron chi connectivity index (χ3n) is 9.08. The van der Waals surface area contributed by atoms with Crippen LogP contribution in [0.15, 0.2) is 65.4 Å². The molecule has 184 valence electrons. The fourth-order valence-corrected chi connectivity index (χ4v) is 9.08. The molecule has 4 nitrogen and oxygen atoms in total. The van der Waals surface area contributed by atoms with Crippen LogP contribution in [0.1, 0.15) is 53.3 Å². The number of piperidine rings is 1. The molecule has 1 aromatic carbocycles. The number of rotatable bonds is 6. The molecular formula is C29H34NO3S2+. The van der Waals surface area contributed by atoms with Crippen molar-refractivity contribution in [3.8, 4) is 0 Å². The standard InChI is InChI=1S/C29H34NO3S2/c1-30(15-13-21(14-16-30)20-7-3-2-4-8-20)27-22-11-12-23(27)24(19-22)33-28(31)29(32,25-9-5-17-34-25)26-10-6-18-35-26/h2-10,17-18,21-24,27,32H,11-16,19H2,1H3/q+1/t21?,22-,23-,24-,27?,30?/m1/s1. The van der Waals surface area contributed by atoms with Gasteiger partial charge in [0.1, 0.15) is 6.10 Å². The van der Waals surface area contributed by atoms with Gasteiger partial charge >= 0.3 is 5.97 Å². The van der Waals surface area contributed by atoms with Gasteiger partial charge in [0.05, 0.1) is 35.9 Å². The number of aliphatic hydroxyl groups is 1. The van der Waals surface area contributed by atoms with Crippen molar-refractivity contribution in [1.29, 1.82) is 0 Å². The highest BCUT2D eigenvalue weighted by Gasteiger charge is 2.59. The molecule has 1 aliphatic heterocycles. The zero-order chi connectivity index (χ0) is 24.0. The van der Waals surface area contributed by atoms with Gasteiger partial charge in [0, 0.05) is 24.7 Å². The maximum atomic E-state index is 13.6. The number of quaternary nitrogens is 1.